The van der Waals surface area contributed by atoms with Gasteiger partial charge in [0.25, 0.3) is 0 Å². The molecule has 0 spiro atoms. The van der Waals surface area contributed by atoms with Crippen LogP contribution in [0.5, 0.6) is 0 Å². The van der Waals surface area contributed by atoms with Crippen LogP contribution in [0.1, 0.15) is 16.6 Å². The third kappa shape index (κ3) is 7.15. The molecule has 3 heterocycles. The van der Waals surface area contributed by atoms with Crippen LogP contribution in [0.3, 0.4) is 0 Å². The highest BCUT2D eigenvalue weighted by Crippen LogP contribution is 2.68. The van der Waals surface area contributed by atoms with Crippen LogP contribution >= 0.6 is 23.5 Å². The summed E-state index contributed by atoms with van der Waals surface area (Å²) >= 11 is 0. The minimum atomic E-state index is -5.91. The normalized spacial score (nSPS) is 24.0. The highest BCUT2D eigenvalue weighted by atomic mass is 31.3. The van der Waals surface area contributed by atoms with Gasteiger partial charge < -0.3 is 45.2 Å². The number of ether oxygens (including phenoxy) is 1. The quantitative estimate of drug-likeness (QED) is 0.138. The molecule has 0 radical (unpaired) electrons. The Bertz CT molecular complexity index is 1580. The Morgan fingerprint density at radius 1 is 1.10 bits per heavy atom. The fourth-order valence-electron chi connectivity index (χ4n) is 3.69. The van der Waals surface area contributed by atoms with Crippen LogP contribution < -0.4 is 11.1 Å². The number of para-hydroxylation sites is 1. The van der Waals surface area contributed by atoms with Gasteiger partial charge in [-0.3, -0.25) is 9.09 Å². The molecule has 20 nitrogen and oxygen atoms in total. The highest BCUT2D eigenvalue weighted by molar-refractivity contribution is 7.67. The lowest BCUT2D eigenvalue weighted by atomic mass is 10.1. The highest BCUT2D eigenvalue weighted by Gasteiger charge is 2.49. The van der Waals surface area contributed by atoms with Crippen molar-refractivity contribution in [1.82, 2.24) is 19.5 Å². The number of phosphoric acid groups is 3. The molecule has 41 heavy (non-hydrogen) atoms. The van der Waals surface area contributed by atoms with Crippen molar-refractivity contribution in [1.29, 1.82) is 0 Å². The van der Waals surface area contributed by atoms with Crippen molar-refractivity contribution >= 4 is 52.1 Å². The number of aromatic nitrogens is 4. The zero-order valence-corrected chi connectivity index (χ0v) is 23.3. The number of nitrogens with two attached hydrogens (primary N) is 1. The van der Waals surface area contributed by atoms with Crippen molar-refractivity contribution in [2.75, 3.05) is 24.7 Å². The minimum absolute atomic E-state index is 0.0207. The Labute approximate surface area is 229 Å². The number of aliphatic hydroxyl groups is 2. The Balaban J connectivity index is 1.57. The SMILES string of the molecule is CNc1ccccc1C(=O)OP(=O)(OC[C@H]1O[C@@H](n2cnc3c(N)ncnc32)[C@H](O)[C@@H]1O)OP(=O)(O)OP(=O)(O)O. The van der Waals surface area contributed by atoms with Crippen molar-refractivity contribution in [3.63, 3.8) is 0 Å². The molecular formula is C18H23N6O14P3. The van der Waals surface area contributed by atoms with Crippen LogP contribution in [-0.4, -0.2) is 82.3 Å². The molecule has 224 valence electrons. The van der Waals surface area contributed by atoms with Gasteiger partial charge >= 0.3 is 29.4 Å². The van der Waals surface area contributed by atoms with E-state index in [-0.39, 0.29) is 28.2 Å². The summed E-state index contributed by atoms with van der Waals surface area (Å²) in [6, 6.07) is 5.59. The lowest BCUT2D eigenvalue weighted by Crippen LogP contribution is -2.33. The van der Waals surface area contributed by atoms with Crippen LogP contribution in [0.2, 0.25) is 0 Å². The second-order valence-corrected chi connectivity index (χ2v) is 12.7. The average Bonchev–Trinajstić information content (AvgIpc) is 3.42. The third-order valence-electron chi connectivity index (χ3n) is 5.42. The van der Waals surface area contributed by atoms with Gasteiger partial charge in [-0.1, -0.05) is 12.1 Å². The van der Waals surface area contributed by atoms with Crippen LogP contribution in [0.15, 0.2) is 36.9 Å². The Morgan fingerprint density at radius 3 is 2.49 bits per heavy atom. The van der Waals surface area contributed by atoms with E-state index in [1.54, 1.807) is 0 Å². The monoisotopic (exact) mass is 640 g/mol. The van der Waals surface area contributed by atoms with Crippen LogP contribution in [0.4, 0.5) is 11.5 Å². The number of phosphoric ester groups is 1. The number of rotatable bonds is 11. The number of carbonyl (C=O) groups excluding carboxylic acids is 1. The molecule has 2 aromatic heterocycles. The average molecular weight is 640 g/mol. The molecular weight excluding hydrogens is 617 g/mol. The molecule has 0 bridgehead atoms. The molecule has 1 fully saturated rings. The molecule has 1 aromatic carbocycles. The van der Waals surface area contributed by atoms with E-state index in [2.05, 4.69) is 28.9 Å². The molecule has 3 aromatic rings. The molecule has 0 saturated carbocycles. The lowest BCUT2D eigenvalue weighted by Gasteiger charge is -2.22. The first-order chi connectivity index (χ1) is 19.1. The molecule has 1 saturated heterocycles. The van der Waals surface area contributed by atoms with E-state index >= 15 is 0 Å². The zero-order chi connectivity index (χ0) is 30.2. The summed E-state index contributed by atoms with van der Waals surface area (Å²) in [6.07, 6.45) is -4.01. The minimum Gasteiger partial charge on any atom is -0.387 e. The number of nitrogens with zero attached hydrogens (tertiary/aromatic N) is 4. The number of imidazole rings is 1. The number of fused-ring (bicyclic) bond motifs is 1. The largest absolute Gasteiger partial charge is 0.541 e. The number of nitrogen functional groups attached to an aromatic ring is 1. The second kappa shape index (κ2) is 11.8. The molecule has 1 aliphatic rings. The van der Waals surface area contributed by atoms with Gasteiger partial charge in [-0.05, 0) is 12.1 Å². The fourth-order valence-corrected chi connectivity index (χ4v) is 7.17. The van der Waals surface area contributed by atoms with Gasteiger partial charge in [-0.25, -0.2) is 33.4 Å². The van der Waals surface area contributed by atoms with E-state index in [1.165, 1.54) is 42.2 Å². The summed E-state index contributed by atoms with van der Waals surface area (Å²) in [7, 11) is -15.7. The number of carbonyl (C=O) groups is 1. The Kier molecular flexibility index (Phi) is 8.96. The zero-order valence-electron chi connectivity index (χ0n) is 20.6. The third-order valence-corrected chi connectivity index (χ3v) is 9.58. The van der Waals surface area contributed by atoms with Gasteiger partial charge in [-0.2, -0.15) is 8.62 Å². The van der Waals surface area contributed by atoms with E-state index in [9.17, 15) is 33.6 Å². The first-order valence-electron chi connectivity index (χ1n) is 11.1. The fraction of sp³-hybridized carbons (Fsp3) is 0.333. The van der Waals surface area contributed by atoms with Gasteiger partial charge in [0.15, 0.2) is 17.7 Å². The van der Waals surface area contributed by atoms with E-state index in [0.29, 0.717) is 0 Å². The maximum Gasteiger partial charge on any atom is 0.541 e. The van der Waals surface area contributed by atoms with Gasteiger partial charge in [0.1, 0.15) is 30.2 Å². The Hall–Kier alpha value is -2.83. The summed E-state index contributed by atoms with van der Waals surface area (Å²) in [5.41, 5.74) is 5.96. The standard InChI is InChI=1S/C18H23N6O14P3/c1-20-10-5-3-2-4-9(10)18(27)36-41(33,38-40(31,32)37-39(28,29)30)34-6-11-13(25)14(26)17(35-11)24-8-23-12-15(19)21-7-22-16(12)24/h2-5,7-8,11,13-14,17,20,25-26H,6H2,1H3,(H,31,32)(H2,19,21,22)(H2,28,29,30)/t11-,13-,14-,17-,41?/m1/s1. The van der Waals surface area contributed by atoms with Gasteiger partial charge in [-0.15, -0.1) is 0 Å². The van der Waals surface area contributed by atoms with Gasteiger partial charge in [0.05, 0.1) is 18.5 Å². The maximum atomic E-state index is 13.3. The molecule has 0 amide bonds. The molecule has 1 aliphatic heterocycles. The molecule has 8 N–H and O–H groups in total. The number of hydrogen-bond acceptors (Lipinski definition) is 16. The van der Waals surface area contributed by atoms with Crippen LogP contribution in [-0.2, 0) is 36.1 Å². The molecule has 6 atom stereocenters. The molecule has 2 unspecified atom stereocenters. The van der Waals surface area contributed by atoms with Crippen molar-refractivity contribution in [2.24, 2.45) is 0 Å². The maximum absolute atomic E-state index is 13.3. The number of anilines is 2. The smallest absolute Gasteiger partial charge is 0.387 e. The number of nitrogens with one attached hydrogen (secondary N) is 1. The summed E-state index contributed by atoms with van der Waals surface area (Å²) < 4.78 is 61.0. The predicted molar refractivity (Wildman–Crippen MR) is 135 cm³/mol. The van der Waals surface area contributed by atoms with Gasteiger partial charge in [0.2, 0.25) is 0 Å². The molecule has 4 rings (SSSR count). The number of aliphatic hydroxyl groups excluding tert-OH is 2. The van der Waals surface area contributed by atoms with Crippen LogP contribution in [0, 0.1) is 0 Å². The topological polar surface area (TPSA) is 297 Å². The Morgan fingerprint density at radius 2 is 1.80 bits per heavy atom. The predicted octanol–water partition coefficient (Wildman–Crippen LogP) is 0.277. The molecule has 23 heteroatoms. The second-order valence-electron chi connectivity index (χ2n) is 8.17. The van der Waals surface area contributed by atoms with Crippen LogP contribution in [0.25, 0.3) is 11.2 Å². The van der Waals surface area contributed by atoms with Crippen molar-refractivity contribution < 1.29 is 65.8 Å². The number of hydrogen-bond donors (Lipinski definition) is 7. The van der Waals surface area contributed by atoms with Crippen molar-refractivity contribution in [3.8, 4) is 0 Å². The van der Waals surface area contributed by atoms with E-state index < -0.39 is 60.6 Å². The summed E-state index contributed by atoms with van der Waals surface area (Å²) in [5.74, 6) is -1.39. The summed E-state index contributed by atoms with van der Waals surface area (Å²) in [4.78, 5) is 52.1. The number of benzene rings is 1. The van der Waals surface area contributed by atoms with E-state index in [1.807, 2.05) is 0 Å². The van der Waals surface area contributed by atoms with E-state index in [4.69, 9.17) is 29.3 Å². The van der Waals surface area contributed by atoms with Gasteiger partial charge in [0, 0.05) is 12.7 Å². The van der Waals surface area contributed by atoms with E-state index in [0.717, 1.165) is 6.33 Å². The van der Waals surface area contributed by atoms with Crippen molar-refractivity contribution in [3.05, 3.63) is 42.5 Å². The van der Waals surface area contributed by atoms with Crippen molar-refractivity contribution in [2.45, 2.75) is 24.5 Å². The first-order valence-corrected chi connectivity index (χ1v) is 15.6. The summed E-state index contributed by atoms with van der Waals surface area (Å²) in [6.45, 7) is -1.02. The first kappa shape index (κ1) is 31.1. The lowest BCUT2D eigenvalue weighted by molar-refractivity contribution is -0.0507. The summed E-state index contributed by atoms with van der Waals surface area (Å²) in [5, 5.41) is 23.8. The molecule has 0 aliphatic carbocycles.